The number of ether oxygens (including phenoxy) is 1. The number of benzene rings is 1. The summed E-state index contributed by atoms with van der Waals surface area (Å²) in [5.41, 5.74) is 6.88. The summed E-state index contributed by atoms with van der Waals surface area (Å²) in [6.07, 6.45) is -3.83. The molecule has 1 aliphatic rings. The highest BCUT2D eigenvalue weighted by Crippen LogP contribution is 2.18. The van der Waals surface area contributed by atoms with Gasteiger partial charge < -0.3 is 15.4 Å². The van der Waals surface area contributed by atoms with Crippen LogP contribution in [0.2, 0.25) is 0 Å². The Morgan fingerprint density at radius 3 is 2.29 bits per heavy atom. The van der Waals surface area contributed by atoms with E-state index in [1.807, 2.05) is 12.1 Å². The number of carbonyl (C=O) groups is 1. The average Bonchev–Trinajstić information content (AvgIpc) is 2.54. The molecule has 1 heterocycles. The number of hydrogen-bond donors (Lipinski definition) is 1. The Balaban J connectivity index is 1.83. The third-order valence-corrected chi connectivity index (χ3v) is 4.02. The van der Waals surface area contributed by atoms with Crippen molar-refractivity contribution in [2.75, 3.05) is 39.8 Å². The van der Waals surface area contributed by atoms with Gasteiger partial charge in [0.25, 0.3) is 0 Å². The van der Waals surface area contributed by atoms with Crippen molar-refractivity contribution in [1.82, 2.24) is 9.80 Å². The largest absolute Gasteiger partial charge is 0.497 e. The van der Waals surface area contributed by atoms with E-state index in [2.05, 4.69) is 0 Å². The summed E-state index contributed by atoms with van der Waals surface area (Å²) in [7, 11) is 1.57. The van der Waals surface area contributed by atoms with Gasteiger partial charge in [-0.15, -0.1) is 0 Å². The van der Waals surface area contributed by atoms with Crippen molar-refractivity contribution >= 4 is 5.91 Å². The van der Waals surface area contributed by atoms with E-state index in [4.69, 9.17) is 10.5 Å². The van der Waals surface area contributed by atoms with E-state index in [0.717, 1.165) is 11.3 Å². The lowest BCUT2D eigenvalue weighted by Gasteiger charge is -2.36. The van der Waals surface area contributed by atoms with Crippen molar-refractivity contribution in [1.29, 1.82) is 0 Å². The topological polar surface area (TPSA) is 58.8 Å². The summed E-state index contributed by atoms with van der Waals surface area (Å²) in [6.45, 7) is 0.0182. The van der Waals surface area contributed by atoms with Crippen LogP contribution < -0.4 is 10.5 Å². The SMILES string of the molecule is COc1ccc(C[C@H](N)C(=O)N2CCN(CC(F)(F)F)CC2)cc1. The number of amides is 1. The van der Waals surface area contributed by atoms with Gasteiger partial charge in [0.15, 0.2) is 0 Å². The average molecular weight is 345 g/mol. The Hall–Kier alpha value is -1.80. The molecule has 0 saturated carbocycles. The lowest BCUT2D eigenvalue weighted by Crippen LogP contribution is -2.54. The lowest BCUT2D eigenvalue weighted by molar-refractivity contribution is -0.152. The van der Waals surface area contributed by atoms with Gasteiger partial charge in [-0.1, -0.05) is 12.1 Å². The summed E-state index contributed by atoms with van der Waals surface area (Å²) in [5.74, 6) is 0.497. The minimum absolute atomic E-state index is 0.209. The molecule has 0 bridgehead atoms. The van der Waals surface area contributed by atoms with Crippen LogP contribution in [0.5, 0.6) is 5.75 Å². The first-order valence-electron chi connectivity index (χ1n) is 7.75. The van der Waals surface area contributed by atoms with Crippen molar-refractivity contribution in [3.8, 4) is 5.75 Å². The van der Waals surface area contributed by atoms with Gasteiger partial charge in [-0.05, 0) is 24.1 Å². The molecule has 0 unspecified atom stereocenters. The quantitative estimate of drug-likeness (QED) is 0.873. The number of nitrogens with zero attached hydrogens (tertiary/aromatic N) is 2. The molecule has 1 saturated heterocycles. The zero-order valence-electron chi connectivity index (χ0n) is 13.6. The Morgan fingerprint density at radius 1 is 1.21 bits per heavy atom. The van der Waals surface area contributed by atoms with E-state index < -0.39 is 18.8 Å². The molecule has 1 amide bonds. The number of nitrogens with two attached hydrogens (primary N) is 1. The minimum atomic E-state index is -4.21. The maximum atomic E-state index is 12.4. The van der Waals surface area contributed by atoms with Crippen molar-refractivity contribution in [3.05, 3.63) is 29.8 Å². The van der Waals surface area contributed by atoms with Gasteiger partial charge in [0.05, 0.1) is 19.7 Å². The smallest absolute Gasteiger partial charge is 0.401 e. The van der Waals surface area contributed by atoms with Crippen LogP contribution in [0.1, 0.15) is 5.56 Å². The number of methoxy groups -OCH3 is 1. The molecule has 1 aliphatic heterocycles. The molecule has 8 heteroatoms. The monoisotopic (exact) mass is 345 g/mol. The van der Waals surface area contributed by atoms with Crippen molar-refractivity contribution in [2.45, 2.75) is 18.6 Å². The van der Waals surface area contributed by atoms with Crippen LogP contribution in [0.25, 0.3) is 0 Å². The van der Waals surface area contributed by atoms with Crippen LogP contribution in [-0.2, 0) is 11.2 Å². The molecular weight excluding hydrogens is 323 g/mol. The fourth-order valence-electron chi connectivity index (χ4n) is 2.72. The fourth-order valence-corrected chi connectivity index (χ4v) is 2.72. The molecule has 134 valence electrons. The van der Waals surface area contributed by atoms with Crippen LogP contribution in [0, 0.1) is 0 Å². The predicted octanol–water partition coefficient (Wildman–Crippen LogP) is 1.27. The number of alkyl halides is 3. The zero-order valence-corrected chi connectivity index (χ0v) is 13.6. The van der Waals surface area contributed by atoms with E-state index in [1.165, 1.54) is 4.90 Å². The standard InChI is InChI=1S/C16H22F3N3O2/c1-24-13-4-2-12(3-5-13)10-14(20)15(23)22-8-6-21(7-9-22)11-16(17,18)19/h2-5,14H,6-11,20H2,1H3/t14-/m0/s1. The normalized spacial score (nSPS) is 17.6. The lowest BCUT2D eigenvalue weighted by atomic mass is 10.0. The third kappa shape index (κ3) is 5.38. The summed E-state index contributed by atoms with van der Waals surface area (Å²) in [4.78, 5) is 15.2. The molecule has 0 radical (unpaired) electrons. The van der Waals surface area contributed by atoms with Crippen molar-refractivity contribution in [3.63, 3.8) is 0 Å². The van der Waals surface area contributed by atoms with Crippen LogP contribution in [0.3, 0.4) is 0 Å². The first-order valence-corrected chi connectivity index (χ1v) is 7.75. The Labute approximate surface area is 139 Å². The van der Waals surface area contributed by atoms with Crippen LogP contribution >= 0.6 is 0 Å². The van der Waals surface area contributed by atoms with E-state index in [1.54, 1.807) is 24.1 Å². The molecule has 1 atom stereocenters. The van der Waals surface area contributed by atoms with Gasteiger partial charge >= 0.3 is 6.18 Å². The third-order valence-electron chi connectivity index (χ3n) is 4.02. The molecule has 1 aromatic rings. The highest BCUT2D eigenvalue weighted by Gasteiger charge is 2.33. The van der Waals surface area contributed by atoms with Gasteiger partial charge in [-0.25, -0.2) is 0 Å². The summed E-state index contributed by atoms with van der Waals surface area (Å²) >= 11 is 0. The molecular formula is C16H22F3N3O2. The van der Waals surface area contributed by atoms with Gasteiger partial charge in [-0.2, -0.15) is 13.2 Å². The maximum absolute atomic E-state index is 12.4. The zero-order chi connectivity index (χ0) is 17.7. The van der Waals surface area contributed by atoms with Gasteiger partial charge in [0.1, 0.15) is 5.75 Å². The van der Waals surface area contributed by atoms with Crippen LogP contribution in [0.4, 0.5) is 13.2 Å². The summed E-state index contributed by atoms with van der Waals surface area (Å²) in [5, 5.41) is 0. The number of rotatable bonds is 5. The molecule has 2 N–H and O–H groups in total. The van der Waals surface area contributed by atoms with E-state index >= 15 is 0 Å². The second-order valence-electron chi connectivity index (χ2n) is 5.88. The molecule has 0 spiro atoms. The van der Waals surface area contributed by atoms with E-state index in [0.29, 0.717) is 6.42 Å². The van der Waals surface area contributed by atoms with Crippen molar-refractivity contribution < 1.29 is 22.7 Å². The van der Waals surface area contributed by atoms with Gasteiger partial charge in [0, 0.05) is 26.2 Å². The number of piperazine rings is 1. The van der Waals surface area contributed by atoms with Crippen molar-refractivity contribution in [2.24, 2.45) is 5.73 Å². The molecule has 24 heavy (non-hydrogen) atoms. The minimum Gasteiger partial charge on any atom is -0.497 e. The highest BCUT2D eigenvalue weighted by molar-refractivity contribution is 5.82. The first kappa shape index (κ1) is 18.5. The van der Waals surface area contributed by atoms with Gasteiger partial charge in [-0.3, -0.25) is 9.69 Å². The van der Waals surface area contributed by atoms with Crippen LogP contribution in [0.15, 0.2) is 24.3 Å². The van der Waals surface area contributed by atoms with Gasteiger partial charge in [0.2, 0.25) is 5.91 Å². The molecule has 2 rings (SSSR count). The molecule has 1 fully saturated rings. The maximum Gasteiger partial charge on any atom is 0.401 e. The summed E-state index contributed by atoms with van der Waals surface area (Å²) < 4.78 is 42.2. The number of halogens is 3. The predicted molar refractivity (Wildman–Crippen MR) is 83.7 cm³/mol. The number of hydrogen-bond acceptors (Lipinski definition) is 4. The Bertz CT molecular complexity index is 540. The summed E-state index contributed by atoms with van der Waals surface area (Å²) in [6, 6.07) is 6.57. The van der Waals surface area contributed by atoms with Crippen LogP contribution in [-0.4, -0.2) is 67.8 Å². The molecule has 0 aliphatic carbocycles. The molecule has 0 aromatic heterocycles. The Kier molecular flexibility index (Phi) is 6.06. The van der Waals surface area contributed by atoms with E-state index in [-0.39, 0.29) is 32.1 Å². The highest BCUT2D eigenvalue weighted by atomic mass is 19.4. The number of carbonyl (C=O) groups excluding carboxylic acids is 1. The second-order valence-corrected chi connectivity index (χ2v) is 5.88. The first-order chi connectivity index (χ1) is 11.3. The van der Waals surface area contributed by atoms with E-state index in [9.17, 15) is 18.0 Å². The molecule has 5 nitrogen and oxygen atoms in total. The molecule has 1 aromatic carbocycles. The fraction of sp³-hybridized carbons (Fsp3) is 0.562. The Morgan fingerprint density at radius 2 is 1.79 bits per heavy atom. The second kappa shape index (κ2) is 7.85.